The molecule has 3 nitrogen and oxygen atoms in total. The van der Waals surface area contributed by atoms with Gasteiger partial charge in [-0.1, -0.05) is 40.6 Å². The first-order valence-corrected chi connectivity index (χ1v) is 12.2. The quantitative estimate of drug-likeness (QED) is 0.415. The molecule has 1 fully saturated rings. The molecular weight excluding hydrogens is 499 g/mol. The van der Waals surface area contributed by atoms with Crippen molar-refractivity contribution >= 4 is 31.2 Å². The van der Waals surface area contributed by atoms with Gasteiger partial charge < -0.3 is 0 Å². The second-order valence-corrected chi connectivity index (χ2v) is 12.0. The summed E-state index contributed by atoms with van der Waals surface area (Å²) in [5, 5.41) is -5.66. The molecule has 32 heavy (non-hydrogen) atoms. The van der Waals surface area contributed by atoms with Crippen molar-refractivity contribution in [3.63, 3.8) is 0 Å². The zero-order chi connectivity index (χ0) is 24.2. The van der Waals surface area contributed by atoms with Gasteiger partial charge in [-0.15, -0.1) is 0 Å². The molecule has 0 bridgehead atoms. The van der Waals surface area contributed by atoms with Crippen molar-refractivity contribution in [3.8, 4) is 0 Å². The van der Waals surface area contributed by atoms with E-state index in [0.29, 0.717) is 10.8 Å². The van der Waals surface area contributed by atoms with Crippen LogP contribution in [0.15, 0.2) is 47.4 Å². The molecule has 1 aliphatic heterocycles. The lowest BCUT2D eigenvalue weighted by atomic mass is 10.1. The Kier molecular flexibility index (Phi) is 6.00. The summed E-state index contributed by atoms with van der Waals surface area (Å²) in [4.78, 5) is 0.0685. The van der Waals surface area contributed by atoms with Crippen molar-refractivity contribution in [2.24, 2.45) is 0 Å². The predicted molar refractivity (Wildman–Crippen MR) is 99.7 cm³/mol. The summed E-state index contributed by atoms with van der Waals surface area (Å²) in [6.45, 7) is 0. The van der Waals surface area contributed by atoms with E-state index in [0.717, 1.165) is 0 Å². The topological polar surface area (TPSA) is 43.4 Å². The number of benzene rings is 2. The van der Waals surface area contributed by atoms with Crippen LogP contribution < -0.4 is 0 Å². The minimum atomic E-state index is -7.33. The predicted octanol–water partition coefficient (Wildman–Crippen LogP) is 6.48. The summed E-state index contributed by atoms with van der Waals surface area (Å²) < 4.78 is 148. The summed E-state index contributed by atoms with van der Waals surface area (Å²) >= 11 is 0. The van der Waals surface area contributed by atoms with Crippen LogP contribution in [0.25, 0.3) is 10.8 Å². The van der Waals surface area contributed by atoms with Crippen LogP contribution in [0.4, 0.5) is 39.5 Å². The van der Waals surface area contributed by atoms with Crippen LogP contribution in [0.2, 0.25) is 0 Å². The van der Waals surface area contributed by atoms with E-state index in [-0.39, 0.29) is 29.2 Å². The maximum atomic E-state index is 14.2. The maximum absolute atomic E-state index is 14.2. The Balaban J connectivity index is 2.06. The Bertz CT molecular complexity index is 1110. The highest BCUT2D eigenvalue weighted by atomic mass is 32.3. The first-order chi connectivity index (χ1) is 14.5. The van der Waals surface area contributed by atoms with Gasteiger partial charge >= 0.3 is 33.4 Å². The number of fused-ring (bicyclic) bond motifs is 1. The lowest BCUT2D eigenvalue weighted by Gasteiger charge is -2.38. The molecule has 3 rings (SSSR count). The maximum Gasteiger partial charge on any atom is 0.460 e. The van der Waals surface area contributed by atoms with E-state index < -0.39 is 43.7 Å². The molecule has 0 spiro atoms. The van der Waals surface area contributed by atoms with Crippen molar-refractivity contribution in [1.82, 2.24) is 0 Å². The summed E-state index contributed by atoms with van der Waals surface area (Å²) in [5.41, 5.74) is 0. The first-order valence-electron chi connectivity index (χ1n) is 8.92. The van der Waals surface area contributed by atoms with E-state index in [4.69, 9.17) is 0 Å². The third-order valence-electron chi connectivity index (χ3n) is 5.00. The summed E-state index contributed by atoms with van der Waals surface area (Å²) in [6.07, 6.45) is -6.64. The van der Waals surface area contributed by atoms with E-state index in [1.54, 1.807) is 24.3 Å². The summed E-state index contributed by atoms with van der Waals surface area (Å²) in [7, 11) is -10.2. The Labute approximate surface area is 178 Å². The van der Waals surface area contributed by atoms with Gasteiger partial charge in [-0.05, 0) is 35.7 Å². The number of halogens is 9. The third-order valence-corrected chi connectivity index (χ3v) is 10.7. The Morgan fingerprint density at radius 3 is 1.81 bits per heavy atom. The molecule has 0 amide bonds. The molecule has 1 saturated heterocycles. The molecule has 0 unspecified atom stereocenters. The van der Waals surface area contributed by atoms with Crippen LogP contribution in [0.3, 0.4) is 0 Å². The van der Waals surface area contributed by atoms with Crippen LogP contribution in [0.1, 0.15) is 12.8 Å². The normalized spacial score (nSPS) is 19.3. The van der Waals surface area contributed by atoms with Crippen molar-refractivity contribution in [3.05, 3.63) is 42.5 Å². The molecule has 180 valence electrons. The molecule has 0 saturated carbocycles. The molecular formula is C18H15F9O3S2. The molecule has 2 aromatic rings. The van der Waals surface area contributed by atoms with E-state index in [2.05, 4.69) is 3.63 Å². The summed E-state index contributed by atoms with van der Waals surface area (Å²) in [5.74, 6) is -15.0. The van der Waals surface area contributed by atoms with Gasteiger partial charge in [0.25, 0.3) is 0 Å². The Morgan fingerprint density at radius 1 is 0.750 bits per heavy atom. The molecule has 0 aliphatic carbocycles. The van der Waals surface area contributed by atoms with Crippen LogP contribution in [0, 0.1) is 0 Å². The second kappa shape index (κ2) is 7.69. The second-order valence-electron chi connectivity index (χ2n) is 7.12. The molecule has 1 aliphatic rings. The van der Waals surface area contributed by atoms with Gasteiger partial charge in [0.05, 0.1) is 0 Å². The highest BCUT2D eigenvalue weighted by Crippen LogP contribution is 2.65. The molecule has 1 heterocycles. The molecule has 14 heteroatoms. The summed E-state index contributed by atoms with van der Waals surface area (Å²) in [6, 6.07) is 10.8. The highest BCUT2D eigenvalue weighted by molar-refractivity contribution is 8.33. The lowest BCUT2D eigenvalue weighted by molar-refractivity contribution is -0.382. The average Bonchev–Trinajstić information content (AvgIpc) is 3.15. The minimum absolute atomic E-state index is 0.0685. The van der Waals surface area contributed by atoms with Gasteiger partial charge in [-0.2, -0.15) is 47.9 Å². The van der Waals surface area contributed by atoms with Gasteiger partial charge in [0.15, 0.2) is 0 Å². The zero-order valence-electron chi connectivity index (χ0n) is 15.8. The monoisotopic (exact) mass is 514 g/mol. The van der Waals surface area contributed by atoms with Crippen molar-refractivity contribution in [2.75, 3.05) is 11.5 Å². The number of rotatable bonds is 6. The van der Waals surface area contributed by atoms with E-state index in [9.17, 15) is 47.9 Å². The Morgan fingerprint density at radius 2 is 1.28 bits per heavy atom. The fourth-order valence-corrected chi connectivity index (χ4v) is 8.93. The fraction of sp³-hybridized carbons (Fsp3) is 0.444. The number of hydrogen-bond donors (Lipinski definition) is 0. The van der Waals surface area contributed by atoms with E-state index in [1.165, 1.54) is 18.2 Å². The standard InChI is InChI=1S/C18H15F9O3S2/c19-15(20,17(23,24)25)16(21,22)18(26,27)32(28,29)30-31(9-3-4-10-31)14-8-7-12-5-1-2-6-13(12)11-14/h1-2,5-8,11H,3-4,9-10H2. The largest absolute Gasteiger partial charge is 0.460 e. The first kappa shape index (κ1) is 25.0. The van der Waals surface area contributed by atoms with E-state index >= 15 is 0 Å². The SMILES string of the molecule is O=S(=O)(OS1(c2ccc3ccccc3c2)CCCC1)C(F)(F)C(F)(F)C(F)(F)C(F)(F)F. The molecule has 0 aromatic heterocycles. The van der Waals surface area contributed by atoms with Crippen molar-refractivity contribution in [1.29, 1.82) is 0 Å². The number of alkyl halides is 9. The van der Waals surface area contributed by atoms with Crippen LogP contribution >= 0.6 is 10.3 Å². The van der Waals surface area contributed by atoms with Crippen molar-refractivity contribution in [2.45, 2.75) is 41.0 Å². The fourth-order valence-electron chi connectivity index (χ4n) is 3.25. The average molecular weight is 514 g/mol. The van der Waals surface area contributed by atoms with Crippen LogP contribution in [0.5, 0.6) is 0 Å². The molecule has 0 atom stereocenters. The van der Waals surface area contributed by atoms with Gasteiger partial charge in [0.2, 0.25) is 0 Å². The number of hydrogen-bond acceptors (Lipinski definition) is 3. The third kappa shape index (κ3) is 3.73. The molecule has 2 aromatic carbocycles. The molecule has 0 N–H and O–H groups in total. The van der Waals surface area contributed by atoms with E-state index in [1.807, 2.05) is 0 Å². The lowest BCUT2D eigenvalue weighted by Crippen LogP contribution is -2.63. The van der Waals surface area contributed by atoms with Gasteiger partial charge in [0, 0.05) is 16.4 Å². The smallest absolute Gasteiger partial charge is 0.211 e. The van der Waals surface area contributed by atoms with Gasteiger partial charge in [0.1, 0.15) is 0 Å². The molecule has 0 radical (unpaired) electrons. The Hall–Kier alpha value is -1.67. The highest BCUT2D eigenvalue weighted by Gasteiger charge is 2.86. The van der Waals surface area contributed by atoms with Crippen LogP contribution in [-0.4, -0.2) is 43.2 Å². The van der Waals surface area contributed by atoms with Gasteiger partial charge in [-0.3, -0.25) is 0 Å². The zero-order valence-corrected chi connectivity index (χ0v) is 17.4. The van der Waals surface area contributed by atoms with Crippen LogP contribution in [-0.2, 0) is 13.7 Å². The van der Waals surface area contributed by atoms with Crippen molar-refractivity contribution < 1.29 is 51.6 Å². The minimum Gasteiger partial charge on any atom is -0.211 e. The van der Waals surface area contributed by atoms with Gasteiger partial charge in [-0.25, -0.2) is 3.63 Å².